The van der Waals surface area contributed by atoms with Crippen LogP contribution in [0.15, 0.2) is 24.3 Å². The maximum absolute atomic E-state index is 11.6. The number of aliphatic hydroxyl groups is 1. The number of carbonyl (C=O) groups is 2. The molecule has 0 unspecified atom stereocenters. The van der Waals surface area contributed by atoms with Gasteiger partial charge in [-0.3, -0.25) is 4.79 Å². The first-order valence-corrected chi connectivity index (χ1v) is 6.60. The number of aliphatic hydroxyl groups excluding tert-OH is 1. The Bertz CT molecular complexity index is 469. The summed E-state index contributed by atoms with van der Waals surface area (Å²) in [6, 6.07) is 7.26. The van der Waals surface area contributed by atoms with Crippen LogP contribution in [-0.4, -0.2) is 30.3 Å². The topological polar surface area (TPSA) is 87.7 Å². The van der Waals surface area contributed by atoms with Gasteiger partial charge < -0.3 is 20.5 Å². The minimum Gasteiger partial charge on any atom is -0.447 e. The summed E-state index contributed by atoms with van der Waals surface area (Å²) in [6.45, 7) is 0.127. The van der Waals surface area contributed by atoms with Gasteiger partial charge in [-0.1, -0.05) is 12.1 Å². The molecule has 1 fully saturated rings. The summed E-state index contributed by atoms with van der Waals surface area (Å²) >= 11 is 0. The van der Waals surface area contributed by atoms with Crippen molar-refractivity contribution in [3.8, 4) is 0 Å². The Hall–Kier alpha value is -2.08. The largest absolute Gasteiger partial charge is 0.447 e. The predicted octanol–water partition coefficient (Wildman–Crippen LogP) is 1.25. The molecule has 1 aromatic rings. The van der Waals surface area contributed by atoms with Crippen LogP contribution in [0, 0.1) is 5.92 Å². The number of alkyl carbamates (subject to hydrolysis) is 1. The molecule has 0 saturated heterocycles. The smallest absolute Gasteiger partial charge is 0.407 e. The van der Waals surface area contributed by atoms with E-state index in [-0.39, 0.29) is 25.0 Å². The van der Waals surface area contributed by atoms with E-state index in [0.29, 0.717) is 6.54 Å². The molecule has 1 aromatic carbocycles. The molecule has 108 valence electrons. The van der Waals surface area contributed by atoms with Gasteiger partial charge in [0.05, 0.1) is 6.61 Å². The molecule has 1 saturated carbocycles. The van der Waals surface area contributed by atoms with E-state index in [9.17, 15) is 9.59 Å². The molecule has 0 atom stereocenters. The van der Waals surface area contributed by atoms with E-state index in [4.69, 9.17) is 5.11 Å². The van der Waals surface area contributed by atoms with Gasteiger partial charge in [-0.25, -0.2) is 4.79 Å². The average molecular weight is 278 g/mol. The van der Waals surface area contributed by atoms with Crippen molar-refractivity contribution in [1.82, 2.24) is 5.32 Å². The molecule has 1 aliphatic carbocycles. The number of nitrogens with one attached hydrogen (secondary N) is 2. The van der Waals surface area contributed by atoms with Crippen LogP contribution in [0.2, 0.25) is 0 Å². The summed E-state index contributed by atoms with van der Waals surface area (Å²) in [5.74, 6) is 0.251. The number of hydrogen-bond donors (Lipinski definition) is 3. The molecule has 0 aromatic heterocycles. The molecule has 20 heavy (non-hydrogen) atoms. The van der Waals surface area contributed by atoms with Gasteiger partial charge in [-0.15, -0.1) is 0 Å². The van der Waals surface area contributed by atoms with Crippen LogP contribution < -0.4 is 10.6 Å². The van der Waals surface area contributed by atoms with Gasteiger partial charge in [0, 0.05) is 18.2 Å². The zero-order chi connectivity index (χ0) is 14.4. The fraction of sp³-hybridized carbons (Fsp3) is 0.429. The zero-order valence-electron chi connectivity index (χ0n) is 11.1. The summed E-state index contributed by atoms with van der Waals surface area (Å²) in [5, 5.41) is 13.9. The second-order valence-corrected chi connectivity index (χ2v) is 4.67. The molecule has 0 bridgehead atoms. The highest BCUT2D eigenvalue weighted by atomic mass is 16.6. The van der Waals surface area contributed by atoms with Gasteiger partial charge in [0.1, 0.15) is 6.61 Å². The minimum absolute atomic E-state index is 0.0159. The second kappa shape index (κ2) is 6.91. The molecule has 0 spiro atoms. The average Bonchev–Trinajstić information content (AvgIpc) is 3.29. The number of hydrogen-bond acceptors (Lipinski definition) is 4. The molecular formula is C14H18N2O4. The van der Waals surface area contributed by atoms with Gasteiger partial charge in [0.15, 0.2) is 0 Å². The van der Waals surface area contributed by atoms with Crippen molar-refractivity contribution in [3.63, 3.8) is 0 Å². The van der Waals surface area contributed by atoms with E-state index >= 15 is 0 Å². The van der Waals surface area contributed by atoms with Crippen molar-refractivity contribution in [2.75, 3.05) is 18.5 Å². The maximum Gasteiger partial charge on any atom is 0.407 e. The molecule has 0 radical (unpaired) electrons. The van der Waals surface area contributed by atoms with E-state index in [2.05, 4.69) is 15.4 Å². The van der Waals surface area contributed by atoms with Crippen LogP contribution in [0.25, 0.3) is 0 Å². The summed E-state index contributed by atoms with van der Waals surface area (Å²) in [5.41, 5.74) is 1.66. The van der Waals surface area contributed by atoms with Gasteiger partial charge in [-0.05, 0) is 30.5 Å². The number of benzene rings is 1. The third kappa shape index (κ3) is 4.55. The highest BCUT2D eigenvalue weighted by molar-refractivity contribution is 5.94. The number of rotatable bonds is 6. The molecule has 1 aliphatic rings. The van der Waals surface area contributed by atoms with E-state index in [1.54, 1.807) is 12.1 Å². The van der Waals surface area contributed by atoms with Crippen molar-refractivity contribution < 1.29 is 19.4 Å². The van der Waals surface area contributed by atoms with Crippen molar-refractivity contribution >= 4 is 17.7 Å². The Morgan fingerprint density at radius 1 is 1.25 bits per heavy atom. The lowest BCUT2D eigenvalue weighted by atomic mass is 10.2. The van der Waals surface area contributed by atoms with Crippen LogP contribution in [0.3, 0.4) is 0 Å². The summed E-state index contributed by atoms with van der Waals surface area (Å²) in [7, 11) is 0. The third-order valence-electron chi connectivity index (χ3n) is 2.93. The zero-order valence-corrected chi connectivity index (χ0v) is 11.1. The minimum atomic E-state index is -0.565. The Morgan fingerprint density at radius 2 is 1.95 bits per heavy atom. The molecule has 6 nitrogen and oxygen atoms in total. The quantitative estimate of drug-likeness (QED) is 0.731. The first-order chi connectivity index (χ1) is 9.69. The van der Waals surface area contributed by atoms with E-state index in [0.717, 1.165) is 24.1 Å². The monoisotopic (exact) mass is 278 g/mol. The van der Waals surface area contributed by atoms with Gasteiger partial charge in [0.25, 0.3) is 0 Å². The van der Waals surface area contributed by atoms with Crippen LogP contribution >= 0.6 is 0 Å². The molecular weight excluding hydrogens is 260 g/mol. The maximum atomic E-state index is 11.6. The first kappa shape index (κ1) is 14.3. The predicted molar refractivity (Wildman–Crippen MR) is 73.1 cm³/mol. The number of amides is 2. The Morgan fingerprint density at radius 3 is 2.55 bits per heavy atom. The number of ether oxygens (including phenoxy) is 1. The third-order valence-corrected chi connectivity index (χ3v) is 2.93. The highest BCUT2D eigenvalue weighted by Crippen LogP contribution is 2.30. The van der Waals surface area contributed by atoms with Crippen molar-refractivity contribution in [1.29, 1.82) is 0 Å². The standard InChI is InChI=1S/C14H18N2O4/c17-7-8-20-14(19)15-9-10-1-5-12(6-2-10)16-13(18)11-3-4-11/h1-2,5-6,11,17H,3-4,7-9H2,(H,15,19)(H,16,18). The summed E-state index contributed by atoms with van der Waals surface area (Å²) < 4.78 is 4.67. The Kier molecular flexibility index (Phi) is 4.95. The molecule has 3 N–H and O–H groups in total. The number of anilines is 1. The van der Waals surface area contributed by atoms with Crippen molar-refractivity contribution in [2.24, 2.45) is 5.92 Å². The molecule has 2 amide bonds. The summed E-state index contributed by atoms with van der Waals surface area (Å²) in [4.78, 5) is 22.7. The lowest BCUT2D eigenvalue weighted by Crippen LogP contribution is -2.24. The Labute approximate surface area is 117 Å². The van der Waals surface area contributed by atoms with E-state index in [1.807, 2.05) is 12.1 Å². The molecule has 0 heterocycles. The summed E-state index contributed by atoms with van der Waals surface area (Å²) in [6.07, 6.45) is 1.39. The fourth-order valence-corrected chi connectivity index (χ4v) is 1.66. The normalized spacial score (nSPS) is 13.7. The second-order valence-electron chi connectivity index (χ2n) is 4.67. The van der Waals surface area contributed by atoms with E-state index in [1.165, 1.54) is 0 Å². The molecule has 2 rings (SSSR count). The first-order valence-electron chi connectivity index (χ1n) is 6.60. The molecule has 6 heteroatoms. The van der Waals surface area contributed by atoms with Gasteiger partial charge in [0.2, 0.25) is 5.91 Å². The number of carbonyl (C=O) groups excluding carboxylic acids is 2. The van der Waals surface area contributed by atoms with Crippen LogP contribution in [0.5, 0.6) is 0 Å². The SMILES string of the molecule is O=C(NCc1ccc(NC(=O)C2CC2)cc1)OCCO. The Balaban J connectivity index is 1.76. The van der Waals surface area contributed by atoms with Crippen LogP contribution in [-0.2, 0) is 16.1 Å². The van der Waals surface area contributed by atoms with Crippen molar-refractivity contribution in [3.05, 3.63) is 29.8 Å². The lowest BCUT2D eigenvalue weighted by molar-refractivity contribution is -0.117. The molecule has 0 aliphatic heterocycles. The lowest BCUT2D eigenvalue weighted by Gasteiger charge is -2.07. The highest BCUT2D eigenvalue weighted by Gasteiger charge is 2.29. The van der Waals surface area contributed by atoms with Gasteiger partial charge in [-0.2, -0.15) is 0 Å². The van der Waals surface area contributed by atoms with Gasteiger partial charge >= 0.3 is 6.09 Å². The van der Waals surface area contributed by atoms with E-state index < -0.39 is 6.09 Å². The van der Waals surface area contributed by atoms with Crippen LogP contribution in [0.4, 0.5) is 10.5 Å². The van der Waals surface area contributed by atoms with Crippen LogP contribution in [0.1, 0.15) is 18.4 Å². The fourth-order valence-electron chi connectivity index (χ4n) is 1.66. The van der Waals surface area contributed by atoms with Crippen molar-refractivity contribution in [2.45, 2.75) is 19.4 Å².